The minimum absolute atomic E-state index is 0.879. The van der Waals surface area contributed by atoms with Gasteiger partial charge >= 0.3 is 11.9 Å². The van der Waals surface area contributed by atoms with Crippen LogP contribution in [-0.2, 0) is 38.2 Å². The summed E-state index contributed by atoms with van der Waals surface area (Å²) in [6.45, 7) is -0.879. The van der Waals surface area contributed by atoms with Gasteiger partial charge < -0.3 is 20.9 Å². The maximum absolute atomic E-state index is 10.9. The lowest BCUT2D eigenvalue weighted by molar-refractivity contribution is -0.168. The van der Waals surface area contributed by atoms with Crippen LogP contribution in [-0.4, -0.2) is 42.1 Å². The predicted molar refractivity (Wildman–Crippen MR) is 54.7 cm³/mol. The van der Waals surface area contributed by atoms with Crippen molar-refractivity contribution in [3.05, 3.63) is 0 Å². The Kier molecular flexibility index (Phi) is 6.43. The number of Topliss-reactive ketones (excluding diaryl/α,β-unsaturated/α-hetero) is 2. The molecule has 10 nitrogen and oxygen atoms in total. The molecule has 0 bridgehead atoms. The lowest BCUT2D eigenvalue weighted by Crippen LogP contribution is -2.27. The molecule has 0 fully saturated rings. The van der Waals surface area contributed by atoms with Crippen molar-refractivity contribution in [2.24, 2.45) is 11.5 Å². The Hall–Kier alpha value is -2.78. The van der Waals surface area contributed by atoms with E-state index in [-0.39, 0.29) is 0 Å². The highest BCUT2D eigenvalue weighted by molar-refractivity contribution is 6.38. The first kappa shape index (κ1) is 16.2. The number of hydrogen-bond acceptors (Lipinski definition) is 8. The van der Waals surface area contributed by atoms with E-state index in [1.807, 2.05) is 0 Å². The average molecular weight is 274 g/mol. The van der Waals surface area contributed by atoms with Gasteiger partial charge in [-0.2, -0.15) is 0 Å². The van der Waals surface area contributed by atoms with Gasteiger partial charge in [-0.25, -0.2) is 0 Å². The van der Waals surface area contributed by atoms with E-state index in [0.29, 0.717) is 0 Å². The molecule has 0 aliphatic heterocycles. The molecule has 2 amide bonds. The summed E-state index contributed by atoms with van der Waals surface area (Å²) in [6, 6.07) is 0. The smallest absolute Gasteiger partial charge is 0.316 e. The molecule has 0 atom stereocenters. The molecule has 0 aromatic carbocycles. The van der Waals surface area contributed by atoms with Gasteiger partial charge in [-0.15, -0.1) is 0 Å². The van der Waals surface area contributed by atoms with Gasteiger partial charge in [0.05, 0.1) is 0 Å². The Morgan fingerprint density at radius 2 is 1.00 bits per heavy atom. The normalized spacial score (nSPS) is 9.26. The summed E-state index contributed by atoms with van der Waals surface area (Å²) in [5, 5.41) is 0. The summed E-state index contributed by atoms with van der Waals surface area (Å²) in [4.78, 5) is 63.8. The minimum Gasteiger partial charge on any atom is -0.428 e. The van der Waals surface area contributed by atoms with E-state index < -0.39 is 55.0 Å². The minimum atomic E-state index is -1.30. The zero-order valence-electron chi connectivity index (χ0n) is 9.54. The van der Waals surface area contributed by atoms with Gasteiger partial charge in [0.2, 0.25) is 18.4 Å². The topological polar surface area (TPSA) is 173 Å². The Balaban J connectivity index is 3.91. The largest absolute Gasteiger partial charge is 0.428 e. The second-order valence-corrected chi connectivity index (χ2v) is 3.08. The molecule has 0 rings (SSSR count). The Morgan fingerprint density at radius 1 is 0.684 bits per heavy atom. The van der Waals surface area contributed by atoms with Crippen molar-refractivity contribution >= 4 is 35.3 Å². The van der Waals surface area contributed by atoms with Crippen LogP contribution in [0.25, 0.3) is 0 Å². The van der Waals surface area contributed by atoms with Crippen LogP contribution in [0.15, 0.2) is 0 Å². The molecular formula is C9H10N2O8. The van der Waals surface area contributed by atoms with Crippen molar-refractivity contribution in [3.8, 4) is 0 Å². The first-order chi connectivity index (χ1) is 8.73. The van der Waals surface area contributed by atoms with Crippen molar-refractivity contribution in [2.45, 2.75) is 12.8 Å². The molecule has 0 saturated carbocycles. The van der Waals surface area contributed by atoms with Crippen LogP contribution in [0.4, 0.5) is 0 Å². The number of nitrogens with two attached hydrogens (primary N) is 2. The first-order valence-electron chi connectivity index (χ1n) is 4.70. The molecule has 0 aliphatic carbocycles. The van der Waals surface area contributed by atoms with Gasteiger partial charge in [0.1, 0.15) is 12.8 Å². The Labute approximate surface area is 106 Å². The van der Waals surface area contributed by atoms with Crippen molar-refractivity contribution in [1.29, 1.82) is 0 Å². The molecule has 0 saturated heterocycles. The SMILES string of the molecule is NC(=O)C(=O)CC(=O)OCOC(=O)CC(=O)C(N)=O. The standard InChI is InChI=1S/C9H10N2O8/c10-8(16)4(12)1-6(14)18-3-19-7(15)2-5(13)9(11)17/h1-3H2,(H2,10,16)(H2,11,17). The molecular weight excluding hydrogens is 264 g/mol. The highest BCUT2D eigenvalue weighted by Gasteiger charge is 2.18. The van der Waals surface area contributed by atoms with E-state index in [0.717, 1.165) is 0 Å². The van der Waals surface area contributed by atoms with Crippen LogP contribution in [0.5, 0.6) is 0 Å². The fraction of sp³-hybridized carbons (Fsp3) is 0.333. The number of hydrogen-bond donors (Lipinski definition) is 2. The lowest BCUT2D eigenvalue weighted by atomic mass is 10.3. The molecule has 19 heavy (non-hydrogen) atoms. The third-order valence-corrected chi connectivity index (χ3v) is 1.60. The van der Waals surface area contributed by atoms with Crippen LogP contribution in [0.3, 0.4) is 0 Å². The van der Waals surface area contributed by atoms with E-state index >= 15 is 0 Å². The molecule has 0 heterocycles. The van der Waals surface area contributed by atoms with Crippen LogP contribution in [0, 0.1) is 0 Å². The van der Waals surface area contributed by atoms with E-state index in [1.54, 1.807) is 0 Å². The Bertz CT molecular complexity index is 402. The van der Waals surface area contributed by atoms with Crippen LogP contribution >= 0.6 is 0 Å². The highest BCUT2D eigenvalue weighted by atomic mass is 16.7. The van der Waals surface area contributed by atoms with E-state index in [1.165, 1.54) is 0 Å². The van der Waals surface area contributed by atoms with Crippen LogP contribution in [0.1, 0.15) is 12.8 Å². The third kappa shape index (κ3) is 7.20. The van der Waals surface area contributed by atoms with E-state index in [9.17, 15) is 28.8 Å². The number of ether oxygens (including phenoxy) is 2. The zero-order chi connectivity index (χ0) is 15.0. The quantitative estimate of drug-likeness (QED) is 0.203. The molecule has 10 heteroatoms. The number of esters is 2. The summed E-state index contributed by atoms with van der Waals surface area (Å²) in [7, 11) is 0. The van der Waals surface area contributed by atoms with E-state index in [2.05, 4.69) is 20.9 Å². The molecule has 0 radical (unpaired) electrons. The maximum atomic E-state index is 10.9. The number of rotatable bonds is 8. The number of carbonyl (C=O) groups excluding carboxylic acids is 6. The molecule has 4 N–H and O–H groups in total. The van der Waals surface area contributed by atoms with Crippen LogP contribution < -0.4 is 11.5 Å². The van der Waals surface area contributed by atoms with Crippen molar-refractivity contribution < 1.29 is 38.2 Å². The molecule has 0 aromatic heterocycles. The average Bonchev–Trinajstić information content (AvgIpc) is 2.28. The third-order valence-electron chi connectivity index (χ3n) is 1.60. The maximum Gasteiger partial charge on any atom is 0.316 e. The van der Waals surface area contributed by atoms with Gasteiger partial charge in [0.15, 0.2) is 0 Å². The summed E-state index contributed by atoms with van der Waals surface area (Å²) in [5.74, 6) is -7.22. The second-order valence-electron chi connectivity index (χ2n) is 3.08. The summed E-state index contributed by atoms with van der Waals surface area (Å²) < 4.78 is 8.47. The zero-order valence-corrected chi connectivity index (χ0v) is 9.54. The summed E-state index contributed by atoms with van der Waals surface area (Å²) >= 11 is 0. The first-order valence-corrected chi connectivity index (χ1v) is 4.70. The van der Waals surface area contributed by atoms with Gasteiger partial charge in [-0.05, 0) is 0 Å². The van der Waals surface area contributed by atoms with Crippen molar-refractivity contribution in [3.63, 3.8) is 0 Å². The van der Waals surface area contributed by atoms with Gasteiger partial charge in [0, 0.05) is 0 Å². The lowest BCUT2D eigenvalue weighted by Gasteiger charge is -2.04. The fourth-order valence-electron chi connectivity index (χ4n) is 0.699. The van der Waals surface area contributed by atoms with Gasteiger partial charge in [0.25, 0.3) is 11.8 Å². The number of primary amides is 2. The monoisotopic (exact) mass is 274 g/mol. The molecule has 104 valence electrons. The molecule has 0 spiro atoms. The second kappa shape index (κ2) is 7.53. The predicted octanol–water partition coefficient (Wildman–Crippen LogP) is -3.08. The van der Waals surface area contributed by atoms with E-state index in [4.69, 9.17) is 0 Å². The molecule has 0 unspecified atom stereocenters. The summed E-state index contributed by atoms with van der Waals surface area (Å²) in [5.41, 5.74) is 9.16. The molecule has 0 aliphatic rings. The number of carbonyl (C=O) groups is 6. The van der Waals surface area contributed by atoms with Crippen molar-refractivity contribution in [1.82, 2.24) is 0 Å². The van der Waals surface area contributed by atoms with Gasteiger partial charge in [-0.3, -0.25) is 28.8 Å². The van der Waals surface area contributed by atoms with Crippen LogP contribution in [0.2, 0.25) is 0 Å². The summed E-state index contributed by atoms with van der Waals surface area (Å²) in [6.07, 6.45) is -1.79. The highest BCUT2D eigenvalue weighted by Crippen LogP contribution is 1.92. The number of ketones is 2. The van der Waals surface area contributed by atoms with Gasteiger partial charge in [-0.1, -0.05) is 0 Å². The van der Waals surface area contributed by atoms with Crippen molar-refractivity contribution in [2.75, 3.05) is 6.79 Å². The molecule has 0 aromatic rings. The number of amides is 2. The Morgan fingerprint density at radius 3 is 1.26 bits per heavy atom. The fourth-order valence-corrected chi connectivity index (χ4v) is 0.699.